The second kappa shape index (κ2) is 7.21. The van der Waals surface area contributed by atoms with Crippen LogP contribution in [0.4, 0.5) is 5.69 Å². The van der Waals surface area contributed by atoms with Crippen LogP contribution in [0.1, 0.15) is 22.8 Å². The Morgan fingerprint density at radius 3 is 2.46 bits per heavy atom. The molecule has 0 fully saturated rings. The summed E-state index contributed by atoms with van der Waals surface area (Å²) in [4.78, 5) is 12.8. The minimum Gasteiger partial charge on any atom is -0.493 e. The van der Waals surface area contributed by atoms with Gasteiger partial charge in [-0.1, -0.05) is 30.3 Å². The van der Waals surface area contributed by atoms with Crippen molar-refractivity contribution in [1.82, 2.24) is 0 Å². The largest absolute Gasteiger partial charge is 0.493 e. The number of amides is 1. The molecule has 4 heteroatoms. The molecule has 0 radical (unpaired) electrons. The topological polar surface area (TPSA) is 38.3 Å². The fourth-order valence-electron chi connectivity index (χ4n) is 2.54. The first kappa shape index (κ1) is 16.8. The predicted molar refractivity (Wildman–Crippen MR) is 107 cm³/mol. The van der Waals surface area contributed by atoms with Gasteiger partial charge < -0.3 is 10.1 Å². The lowest BCUT2D eigenvalue weighted by Crippen LogP contribution is -2.14. The van der Waals surface area contributed by atoms with E-state index in [4.69, 9.17) is 4.74 Å². The number of carbonyl (C=O) groups excluding carboxylic acids is 1. The van der Waals surface area contributed by atoms with Crippen LogP contribution < -0.4 is 10.1 Å². The summed E-state index contributed by atoms with van der Waals surface area (Å²) in [6, 6.07) is 17.6. The van der Waals surface area contributed by atoms with Gasteiger partial charge in [0.15, 0.2) is 0 Å². The van der Waals surface area contributed by atoms with Gasteiger partial charge in [0.1, 0.15) is 5.75 Å². The van der Waals surface area contributed by atoms with Crippen molar-refractivity contribution in [3.05, 3.63) is 69.3 Å². The zero-order chi connectivity index (χ0) is 17.1. The summed E-state index contributed by atoms with van der Waals surface area (Å²) < 4.78 is 6.80. The lowest BCUT2D eigenvalue weighted by molar-refractivity contribution is 0.102. The second-order valence-corrected chi connectivity index (χ2v) is 6.71. The van der Waals surface area contributed by atoms with Gasteiger partial charge in [0.05, 0.1) is 12.2 Å². The molecule has 0 unspecified atom stereocenters. The normalized spacial score (nSPS) is 10.6. The van der Waals surface area contributed by atoms with Crippen molar-refractivity contribution in [3.63, 3.8) is 0 Å². The highest BCUT2D eigenvalue weighted by Crippen LogP contribution is 2.27. The molecule has 24 heavy (non-hydrogen) atoms. The zero-order valence-corrected chi connectivity index (χ0v) is 15.8. The number of carbonyl (C=O) groups is 1. The van der Waals surface area contributed by atoms with Crippen LogP contribution in [0.2, 0.25) is 0 Å². The van der Waals surface area contributed by atoms with Gasteiger partial charge in [0.25, 0.3) is 5.91 Å². The van der Waals surface area contributed by atoms with E-state index >= 15 is 0 Å². The van der Waals surface area contributed by atoms with Crippen molar-refractivity contribution in [2.75, 3.05) is 11.9 Å². The molecule has 3 aromatic rings. The Kier molecular flexibility index (Phi) is 5.04. The van der Waals surface area contributed by atoms with E-state index in [1.165, 1.54) is 5.56 Å². The van der Waals surface area contributed by atoms with E-state index in [1.807, 2.05) is 68.4 Å². The molecule has 122 valence electrons. The third-order valence-electron chi connectivity index (χ3n) is 3.82. The van der Waals surface area contributed by atoms with Crippen molar-refractivity contribution in [2.24, 2.45) is 0 Å². The van der Waals surface area contributed by atoms with Gasteiger partial charge in [-0.3, -0.25) is 4.79 Å². The zero-order valence-electron chi connectivity index (χ0n) is 13.6. The maximum Gasteiger partial charge on any atom is 0.259 e. The van der Waals surface area contributed by atoms with Gasteiger partial charge in [-0.2, -0.15) is 0 Å². The second-order valence-electron chi connectivity index (χ2n) is 5.55. The average Bonchev–Trinajstić information content (AvgIpc) is 2.58. The lowest BCUT2D eigenvalue weighted by Gasteiger charge is -2.13. The predicted octanol–water partition coefficient (Wildman–Crippen LogP) is 5.40. The molecule has 0 aliphatic rings. The smallest absolute Gasteiger partial charge is 0.259 e. The number of nitrogens with one attached hydrogen (secondary N) is 1. The molecule has 3 aromatic carbocycles. The van der Waals surface area contributed by atoms with Gasteiger partial charge in [-0.15, -0.1) is 0 Å². The third kappa shape index (κ3) is 3.53. The van der Waals surface area contributed by atoms with Crippen LogP contribution in [-0.2, 0) is 0 Å². The summed E-state index contributed by atoms with van der Waals surface area (Å²) in [5.41, 5.74) is 2.52. The van der Waals surface area contributed by atoms with Crippen molar-refractivity contribution in [3.8, 4) is 5.75 Å². The summed E-state index contributed by atoms with van der Waals surface area (Å²) in [6.45, 7) is 4.48. The number of aryl methyl sites for hydroxylation is 1. The maximum atomic E-state index is 12.8. The molecule has 0 aromatic heterocycles. The van der Waals surface area contributed by atoms with E-state index in [1.54, 1.807) is 0 Å². The highest BCUT2D eigenvalue weighted by Gasteiger charge is 2.14. The first-order valence-corrected chi connectivity index (χ1v) is 8.89. The van der Waals surface area contributed by atoms with Crippen LogP contribution >= 0.6 is 22.6 Å². The van der Waals surface area contributed by atoms with Gasteiger partial charge in [-0.05, 0) is 77.0 Å². The Hall–Kier alpha value is -2.08. The highest BCUT2D eigenvalue weighted by molar-refractivity contribution is 14.1. The number of hydrogen-bond donors (Lipinski definition) is 1. The number of halogens is 1. The Bertz CT molecular complexity index is 905. The molecule has 0 saturated heterocycles. The SMILES string of the molecule is CCOc1cc2ccccc2cc1C(=O)Nc1ccc(C)c(I)c1. The van der Waals surface area contributed by atoms with Crippen molar-refractivity contribution < 1.29 is 9.53 Å². The Morgan fingerprint density at radius 1 is 1.08 bits per heavy atom. The van der Waals surface area contributed by atoms with Gasteiger partial charge in [0, 0.05) is 9.26 Å². The van der Waals surface area contributed by atoms with Crippen LogP contribution in [-0.4, -0.2) is 12.5 Å². The quantitative estimate of drug-likeness (QED) is 0.562. The van der Waals surface area contributed by atoms with Crippen LogP contribution in [0, 0.1) is 10.5 Å². The lowest BCUT2D eigenvalue weighted by atomic mass is 10.1. The summed E-state index contributed by atoms with van der Waals surface area (Å²) in [7, 11) is 0. The van der Waals surface area contributed by atoms with Crippen molar-refractivity contribution in [2.45, 2.75) is 13.8 Å². The third-order valence-corrected chi connectivity index (χ3v) is 4.98. The molecule has 1 amide bonds. The minimum absolute atomic E-state index is 0.163. The molecule has 0 heterocycles. The molecule has 0 atom stereocenters. The molecule has 3 rings (SSSR count). The van der Waals surface area contributed by atoms with E-state index in [0.717, 1.165) is 20.0 Å². The van der Waals surface area contributed by atoms with Crippen LogP contribution in [0.5, 0.6) is 5.75 Å². The van der Waals surface area contributed by atoms with Gasteiger partial charge >= 0.3 is 0 Å². The summed E-state index contributed by atoms with van der Waals surface area (Å²) >= 11 is 2.27. The molecule has 3 nitrogen and oxygen atoms in total. The number of fused-ring (bicyclic) bond motifs is 1. The summed E-state index contributed by atoms with van der Waals surface area (Å²) in [5.74, 6) is 0.444. The van der Waals surface area contributed by atoms with Crippen molar-refractivity contribution in [1.29, 1.82) is 0 Å². The number of anilines is 1. The fourth-order valence-corrected chi connectivity index (χ4v) is 3.06. The average molecular weight is 431 g/mol. The van der Waals surface area contributed by atoms with Crippen molar-refractivity contribution >= 4 is 45.0 Å². The minimum atomic E-state index is -0.163. The molecule has 0 saturated carbocycles. The molecule has 0 aliphatic heterocycles. The number of rotatable bonds is 4. The Balaban J connectivity index is 1.98. The van der Waals surface area contributed by atoms with E-state index in [0.29, 0.717) is 17.9 Å². The maximum absolute atomic E-state index is 12.8. The van der Waals surface area contributed by atoms with E-state index < -0.39 is 0 Å². The number of ether oxygens (including phenoxy) is 1. The van der Waals surface area contributed by atoms with Gasteiger partial charge in [-0.25, -0.2) is 0 Å². The molecular weight excluding hydrogens is 413 g/mol. The Labute approximate surface area is 155 Å². The van der Waals surface area contributed by atoms with E-state index in [2.05, 4.69) is 27.9 Å². The number of benzene rings is 3. The van der Waals surface area contributed by atoms with Gasteiger partial charge in [0.2, 0.25) is 0 Å². The van der Waals surface area contributed by atoms with E-state index in [9.17, 15) is 4.79 Å². The molecular formula is C20H18INO2. The molecule has 0 aliphatic carbocycles. The fraction of sp³-hybridized carbons (Fsp3) is 0.150. The number of hydrogen-bond acceptors (Lipinski definition) is 2. The molecule has 1 N–H and O–H groups in total. The summed E-state index contributed by atoms with van der Waals surface area (Å²) in [5, 5.41) is 5.04. The van der Waals surface area contributed by atoms with Crippen LogP contribution in [0.15, 0.2) is 54.6 Å². The van der Waals surface area contributed by atoms with Crippen LogP contribution in [0.3, 0.4) is 0 Å². The first-order chi connectivity index (χ1) is 11.6. The highest BCUT2D eigenvalue weighted by atomic mass is 127. The Morgan fingerprint density at radius 2 is 1.79 bits per heavy atom. The van der Waals surface area contributed by atoms with E-state index in [-0.39, 0.29) is 5.91 Å². The molecule has 0 spiro atoms. The standard InChI is InChI=1S/C20H18INO2/c1-3-24-19-11-15-7-5-4-6-14(15)10-17(19)20(23)22-16-9-8-13(2)18(21)12-16/h4-12H,3H2,1-2H3,(H,22,23). The van der Waals surface area contributed by atoms with Crippen LogP contribution in [0.25, 0.3) is 10.8 Å². The summed E-state index contributed by atoms with van der Waals surface area (Å²) in [6.07, 6.45) is 0. The monoisotopic (exact) mass is 431 g/mol. The molecule has 0 bridgehead atoms. The first-order valence-electron chi connectivity index (χ1n) is 7.81.